The molecule has 0 spiro atoms. The van der Waals surface area contributed by atoms with Gasteiger partial charge in [-0.1, -0.05) is 24.3 Å². The first-order valence-corrected chi connectivity index (χ1v) is 9.31. The Labute approximate surface area is 161 Å². The van der Waals surface area contributed by atoms with Crippen LogP contribution in [0.2, 0.25) is 0 Å². The van der Waals surface area contributed by atoms with Gasteiger partial charge in [0.05, 0.1) is 11.3 Å². The highest BCUT2D eigenvalue weighted by Crippen LogP contribution is 2.32. The first-order chi connectivity index (χ1) is 13.0. The molecule has 0 radical (unpaired) electrons. The Morgan fingerprint density at radius 3 is 2.70 bits per heavy atom. The van der Waals surface area contributed by atoms with Gasteiger partial charge in [-0.2, -0.15) is 0 Å². The molecule has 0 bridgehead atoms. The number of carbonyl (C=O) groups excluding carboxylic acids is 1. The zero-order chi connectivity index (χ0) is 19.2. The zero-order valence-corrected chi connectivity index (χ0v) is 15.9. The largest absolute Gasteiger partial charge is 0.492 e. The van der Waals surface area contributed by atoms with Gasteiger partial charge < -0.3 is 9.64 Å². The van der Waals surface area contributed by atoms with Crippen molar-refractivity contribution < 1.29 is 13.9 Å². The fraction of sp³-hybridized carbons (Fsp3) is 0.200. The second-order valence-electron chi connectivity index (χ2n) is 6.12. The number of rotatable bonds is 7. The molecule has 0 atom stereocenters. The number of aromatic nitrogens is 1. The monoisotopic (exact) mass is 385 g/mol. The van der Waals surface area contributed by atoms with Gasteiger partial charge in [-0.3, -0.25) is 10.1 Å². The van der Waals surface area contributed by atoms with Crippen LogP contribution in [-0.2, 0) is 0 Å². The lowest BCUT2D eigenvalue weighted by atomic mass is 10.1. The predicted molar refractivity (Wildman–Crippen MR) is 106 cm³/mol. The van der Waals surface area contributed by atoms with Crippen molar-refractivity contribution >= 4 is 22.4 Å². The van der Waals surface area contributed by atoms with E-state index in [1.807, 2.05) is 48.6 Å². The van der Waals surface area contributed by atoms with Crippen molar-refractivity contribution in [2.75, 3.05) is 32.6 Å². The van der Waals surface area contributed by atoms with Crippen molar-refractivity contribution in [3.05, 3.63) is 65.3 Å². The van der Waals surface area contributed by atoms with Gasteiger partial charge in [-0.25, -0.2) is 9.37 Å². The van der Waals surface area contributed by atoms with Crippen molar-refractivity contribution in [2.24, 2.45) is 0 Å². The molecule has 0 aliphatic rings. The molecule has 1 heterocycles. The molecule has 3 aromatic rings. The number of thiazole rings is 1. The van der Waals surface area contributed by atoms with E-state index < -0.39 is 11.7 Å². The van der Waals surface area contributed by atoms with Gasteiger partial charge in [0.2, 0.25) is 0 Å². The summed E-state index contributed by atoms with van der Waals surface area (Å²) in [7, 11) is 3.97. The van der Waals surface area contributed by atoms with E-state index >= 15 is 0 Å². The number of hydrogen-bond donors (Lipinski definition) is 1. The van der Waals surface area contributed by atoms with Crippen LogP contribution in [0.4, 0.5) is 9.52 Å². The van der Waals surface area contributed by atoms with Crippen LogP contribution < -0.4 is 10.1 Å². The lowest BCUT2D eigenvalue weighted by molar-refractivity contribution is 0.102. The highest BCUT2D eigenvalue weighted by atomic mass is 32.1. The summed E-state index contributed by atoms with van der Waals surface area (Å²) in [5.74, 6) is -0.354. The number of ether oxygens (including phenoxy) is 1. The second-order valence-corrected chi connectivity index (χ2v) is 6.98. The lowest BCUT2D eigenvalue weighted by Gasteiger charge is -2.13. The van der Waals surface area contributed by atoms with Crippen LogP contribution in [0.3, 0.4) is 0 Å². The Morgan fingerprint density at radius 2 is 1.93 bits per heavy atom. The quantitative estimate of drug-likeness (QED) is 0.664. The average molecular weight is 385 g/mol. The topological polar surface area (TPSA) is 54.5 Å². The first-order valence-electron chi connectivity index (χ1n) is 8.43. The molecule has 0 aliphatic heterocycles. The van der Waals surface area contributed by atoms with Gasteiger partial charge in [0.25, 0.3) is 5.91 Å². The molecule has 0 fully saturated rings. The number of para-hydroxylation sites is 1. The summed E-state index contributed by atoms with van der Waals surface area (Å²) in [5.41, 5.74) is 1.53. The van der Waals surface area contributed by atoms with Crippen LogP contribution >= 0.6 is 11.3 Å². The van der Waals surface area contributed by atoms with Crippen molar-refractivity contribution in [1.29, 1.82) is 0 Å². The van der Waals surface area contributed by atoms with E-state index in [4.69, 9.17) is 4.74 Å². The number of likely N-dealkylation sites (N-methyl/N-ethyl adjacent to an activating group) is 1. The van der Waals surface area contributed by atoms with Crippen LogP contribution in [0.15, 0.2) is 53.9 Å². The fourth-order valence-electron chi connectivity index (χ4n) is 2.41. The average Bonchev–Trinajstić information content (AvgIpc) is 3.10. The molecule has 7 heteroatoms. The molecule has 0 saturated carbocycles. The number of halogens is 1. The maximum Gasteiger partial charge on any atom is 0.260 e. The van der Waals surface area contributed by atoms with Gasteiger partial charge >= 0.3 is 0 Å². The maximum absolute atomic E-state index is 13.7. The summed E-state index contributed by atoms with van der Waals surface area (Å²) in [6.07, 6.45) is 0. The van der Waals surface area contributed by atoms with Crippen molar-refractivity contribution in [2.45, 2.75) is 0 Å². The molecule has 5 nitrogen and oxygen atoms in total. The summed E-state index contributed by atoms with van der Waals surface area (Å²) in [6, 6.07) is 13.5. The van der Waals surface area contributed by atoms with Gasteiger partial charge in [-0.05, 0) is 38.4 Å². The summed E-state index contributed by atoms with van der Waals surface area (Å²) >= 11 is 1.28. The normalized spacial score (nSPS) is 10.8. The molecule has 0 aliphatic carbocycles. The third kappa shape index (κ3) is 4.90. The number of amides is 1. The van der Waals surface area contributed by atoms with Crippen LogP contribution in [0.5, 0.6) is 5.75 Å². The van der Waals surface area contributed by atoms with Crippen molar-refractivity contribution in [3.8, 4) is 17.0 Å². The van der Waals surface area contributed by atoms with E-state index in [0.717, 1.165) is 17.9 Å². The molecule has 0 saturated heterocycles. The standard InChI is InChI=1S/C20H20FN3O2S/c1-24(2)11-12-26-18-10-6-4-8-15(18)17-13-27-20(22-17)23-19(25)14-7-3-5-9-16(14)21/h3-10,13H,11-12H2,1-2H3,(H,22,23,25). The van der Waals surface area contributed by atoms with E-state index in [1.165, 1.54) is 23.5 Å². The van der Waals surface area contributed by atoms with Crippen LogP contribution in [-0.4, -0.2) is 43.0 Å². The SMILES string of the molecule is CN(C)CCOc1ccccc1-c1csc(NC(=O)c2ccccc2F)n1. The Balaban J connectivity index is 1.74. The van der Waals surface area contributed by atoms with Crippen LogP contribution in [0.25, 0.3) is 11.3 Å². The molecule has 1 amide bonds. The van der Waals surface area contributed by atoms with Crippen LogP contribution in [0.1, 0.15) is 10.4 Å². The number of anilines is 1. The smallest absolute Gasteiger partial charge is 0.260 e. The number of nitrogens with one attached hydrogen (secondary N) is 1. The minimum atomic E-state index is -0.564. The summed E-state index contributed by atoms with van der Waals surface area (Å²) in [4.78, 5) is 18.7. The van der Waals surface area contributed by atoms with E-state index in [2.05, 4.69) is 10.3 Å². The number of nitrogens with zero attached hydrogens (tertiary/aromatic N) is 2. The number of carbonyl (C=O) groups is 1. The lowest BCUT2D eigenvalue weighted by Crippen LogP contribution is -2.19. The van der Waals surface area contributed by atoms with Gasteiger partial charge in [0, 0.05) is 17.5 Å². The minimum Gasteiger partial charge on any atom is -0.492 e. The molecule has 2 aromatic carbocycles. The highest BCUT2D eigenvalue weighted by Gasteiger charge is 2.15. The van der Waals surface area contributed by atoms with Crippen molar-refractivity contribution in [1.82, 2.24) is 9.88 Å². The molecule has 27 heavy (non-hydrogen) atoms. The molecular weight excluding hydrogens is 365 g/mol. The Bertz CT molecular complexity index is 927. The number of benzene rings is 2. The van der Waals surface area contributed by atoms with Crippen molar-refractivity contribution in [3.63, 3.8) is 0 Å². The summed E-state index contributed by atoms with van der Waals surface area (Å²) in [5, 5.41) is 4.89. The Morgan fingerprint density at radius 1 is 1.19 bits per heavy atom. The third-order valence-corrected chi connectivity index (χ3v) is 4.56. The summed E-state index contributed by atoms with van der Waals surface area (Å²) in [6.45, 7) is 1.36. The molecular formula is C20H20FN3O2S. The molecule has 0 unspecified atom stereocenters. The maximum atomic E-state index is 13.7. The zero-order valence-electron chi connectivity index (χ0n) is 15.1. The first kappa shape index (κ1) is 19.0. The van der Waals surface area contributed by atoms with E-state index in [-0.39, 0.29) is 5.56 Å². The predicted octanol–water partition coefficient (Wildman–Crippen LogP) is 4.14. The number of hydrogen-bond acceptors (Lipinski definition) is 5. The second kappa shape index (κ2) is 8.75. The molecule has 1 N–H and O–H groups in total. The molecule has 3 rings (SSSR count). The van der Waals surface area contributed by atoms with Gasteiger partial charge in [0.1, 0.15) is 18.2 Å². The van der Waals surface area contributed by atoms with Gasteiger partial charge in [0.15, 0.2) is 5.13 Å². The fourth-order valence-corrected chi connectivity index (χ4v) is 3.11. The third-order valence-electron chi connectivity index (χ3n) is 3.80. The van der Waals surface area contributed by atoms with Crippen LogP contribution in [0, 0.1) is 5.82 Å². The molecule has 140 valence electrons. The van der Waals surface area contributed by atoms with E-state index in [1.54, 1.807) is 12.1 Å². The Hall–Kier alpha value is -2.77. The molecule has 1 aromatic heterocycles. The van der Waals surface area contributed by atoms with E-state index in [9.17, 15) is 9.18 Å². The summed E-state index contributed by atoms with van der Waals surface area (Å²) < 4.78 is 19.6. The van der Waals surface area contributed by atoms with Gasteiger partial charge in [-0.15, -0.1) is 11.3 Å². The Kier molecular flexibility index (Phi) is 6.16. The highest BCUT2D eigenvalue weighted by molar-refractivity contribution is 7.14. The van der Waals surface area contributed by atoms with E-state index in [0.29, 0.717) is 17.4 Å². The minimum absolute atomic E-state index is 0.0123.